The Balaban J connectivity index is 3.12. The summed E-state index contributed by atoms with van der Waals surface area (Å²) < 4.78 is 14.3. The molecule has 0 aromatic carbocycles. The first-order valence-corrected chi connectivity index (χ1v) is 5.40. The third-order valence-electron chi connectivity index (χ3n) is 1.40. The van der Waals surface area contributed by atoms with Gasteiger partial charge in [-0.3, -0.25) is 0 Å². The minimum absolute atomic E-state index is 0.334. The molecule has 0 radical (unpaired) electrons. The highest BCUT2D eigenvalue weighted by atomic mass is 32.2. The van der Waals surface area contributed by atoms with E-state index in [0.717, 1.165) is 4.21 Å². The van der Waals surface area contributed by atoms with Crippen LogP contribution in [0.2, 0.25) is 0 Å². The normalized spacial score (nSPS) is 9.77. The Hall–Kier alpha value is -0.750. The molecule has 0 aliphatic heterocycles. The second kappa shape index (κ2) is 4.48. The molecule has 6 heteroatoms. The van der Waals surface area contributed by atoms with Crippen LogP contribution in [-0.2, 0) is 4.74 Å². The van der Waals surface area contributed by atoms with Crippen molar-refractivity contribution in [3.8, 4) is 5.88 Å². The molecule has 0 amide bonds. The lowest BCUT2D eigenvalue weighted by molar-refractivity contribution is 0.0593. The van der Waals surface area contributed by atoms with Gasteiger partial charge in [0.2, 0.25) is 5.88 Å². The van der Waals surface area contributed by atoms with Crippen LogP contribution >= 0.6 is 23.3 Å². The van der Waals surface area contributed by atoms with Gasteiger partial charge >= 0.3 is 5.97 Å². The third kappa shape index (κ3) is 1.94. The largest absolute Gasteiger partial charge is 0.480 e. The first-order chi connectivity index (χ1) is 6.24. The van der Waals surface area contributed by atoms with Crippen molar-refractivity contribution in [2.75, 3.05) is 20.5 Å². The van der Waals surface area contributed by atoms with Gasteiger partial charge in [0.15, 0.2) is 0 Å². The highest BCUT2D eigenvalue weighted by molar-refractivity contribution is 8.00. The summed E-state index contributed by atoms with van der Waals surface area (Å²) >= 11 is 2.68. The Kier molecular flexibility index (Phi) is 3.56. The van der Waals surface area contributed by atoms with E-state index >= 15 is 0 Å². The standard InChI is InChI=1S/C7H9NO3S2/c1-10-5-4(6(9)11-2)7(12-3)13-8-5/h1-3H3. The van der Waals surface area contributed by atoms with Crippen LogP contribution in [0.3, 0.4) is 0 Å². The van der Waals surface area contributed by atoms with Gasteiger partial charge < -0.3 is 9.47 Å². The minimum Gasteiger partial charge on any atom is -0.480 e. The Labute approximate surface area is 84.4 Å². The number of methoxy groups -OCH3 is 2. The summed E-state index contributed by atoms with van der Waals surface area (Å²) in [5.41, 5.74) is 0.419. The number of carbonyl (C=O) groups is 1. The molecular formula is C7H9NO3S2. The number of thioether (sulfide) groups is 1. The van der Waals surface area contributed by atoms with Gasteiger partial charge in [0, 0.05) is 0 Å². The first kappa shape index (κ1) is 10.3. The van der Waals surface area contributed by atoms with E-state index in [-0.39, 0.29) is 0 Å². The second-order valence-electron chi connectivity index (χ2n) is 2.05. The van der Waals surface area contributed by atoms with Crippen LogP contribution < -0.4 is 4.74 Å². The van der Waals surface area contributed by atoms with Crippen molar-refractivity contribution in [3.63, 3.8) is 0 Å². The maximum Gasteiger partial charge on any atom is 0.345 e. The Morgan fingerprint density at radius 1 is 1.54 bits per heavy atom. The fourth-order valence-corrected chi connectivity index (χ4v) is 2.19. The fraction of sp³-hybridized carbons (Fsp3) is 0.429. The van der Waals surface area contributed by atoms with E-state index in [0.29, 0.717) is 11.4 Å². The van der Waals surface area contributed by atoms with Crippen molar-refractivity contribution >= 4 is 29.3 Å². The number of carbonyl (C=O) groups excluding carboxylic acids is 1. The van der Waals surface area contributed by atoms with Crippen molar-refractivity contribution in [2.45, 2.75) is 4.21 Å². The molecule has 13 heavy (non-hydrogen) atoms. The van der Waals surface area contributed by atoms with Gasteiger partial charge in [0.1, 0.15) is 5.56 Å². The van der Waals surface area contributed by atoms with Crippen molar-refractivity contribution in [2.24, 2.45) is 0 Å². The van der Waals surface area contributed by atoms with Gasteiger partial charge in [-0.05, 0) is 17.8 Å². The highest BCUT2D eigenvalue weighted by Crippen LogP contribution is 2.32. The average molecular weight is 219 g/mol. The van der Waals surface area contributed by atoms with Gasteiger partial charge in [-0.2, -0.15) is 4.37 Å². The Morgan fingerprint density at radius 2 is 2.23 bits per heavy atom. The van der Waals surface area contributed by atoms with Crippen molar-refractivity contribution in [3.05, 3.63) is 5.56 Å². The topological polar surface area (TPSA) is 48.4 Å². The molecule has 0 saturated carbocycles. The quantitative estimate of drug-likeness (QED) is 0.571. The van der Waals surface area contributed by atoms with E-state index in [1.807, 2.05) is 6.26 Å². The zero-order chi connectivity index (χ0) is 9.84. The maximum absolute atomic E-state index is 11.3. The van der Waals surface area contributed by atoms with Crippen LogP contribution in [-0.4, -0.2) is 30.8 Å². The van der Waals surface area contributed by atoms with Crippen LogP contribution in [0.25, 0.3) is 0 Å². The maximum atomic E-state index is 11.3. The lowest BCUT2D eigenvalue weighted by atomic mass is 10.3. The van der Waals surface area contributed by atoms with E-state index in [2.05, 4.69) is 9.11 Å². The van der Waals surface area contributed by atoms with Gasteiger partial charge in [0.25, 0.3) is 0 Å². The summed E-state index contributed by atoms with van der Waals surface area (Å²) in [5.74, 6) is -0.0730. The summed E-state index contributed by atoms with van der Waals surface area (Å²) in [6.45, 7) is 0. The third-order valence-corrected chi connectivity index (χ3v) is 3.32. The number of hydrogen-bond acceptors (Lipinski definition) is 6. The molecule has 4 nitrogen and oxygen atoms in total. The van der Waals surface area contributed by atoms with Gasteiger partial charge in [-0.25, -0.2) is 4.79 Å². The summed E-state index contributed by atoms with van der Waals surface area (Å²) in [5, 5.41) is 0. The summed E-state index contributed by atoms with van der Waals surface area (Å²) in [6, 6.07) is 0. The molecule has 1 rings (SSSR count). The molecule has 1 aromatic heterocycles. The Morgan fingerprint density at radius 3 is 2.69 bits per heavy atom. The van der Waals surface area contributed by atoms with E-state index < -0.39 is 5.97 Å². The molecule has 0 aliphatic carbocycles. The molecule has 72 valence electrons. The summed E-state index contributed by atoms with van der Waals surface area (Å²) in [7, 11) is 2.81. The van der Waals surface area contributed by atoms with Crippen LogP contribution in [0.15, 0.2) is 4.21 Å². The molecule has 0 bridgehead atoms. The van der Waals surface area contributed by atoms with Crippen molar-refractivity contribution in [1.29, 1.82) is 0 Å². The lowest BCUT2D eigenvalue weighted by Gasteiger charge is -2.00. The number of esters is 1. The predicted molar refractivity (Wildman–Crippen MR) is 51.8 cm³/mol. The number of ether oxygens (including phenoxy) is 2. The van der Waals surface area contributed by atoms with E-state index in [9.17, 15) is 4.79 Å². The molecule has 1 aromatic rings. The molecule has 1 heterocycles. The first-order valence-electron chi connectivity index (χ1n) is 3.40. The van der Waals surface area contributed by atoms with Crippen molar-refractivity contribution in [1.82, 2.24) is 4.37 Å². The number of rotatable bonds is 3. The summed E-state index contributed by atoms with van der Waals surface area (Å²) in [6.07, 6.45) is 1.87. The van der Waals surface area contributed by atoms with Gasteiger partial charge in [-0.1, -0.05) is 0 Å². The van der Waals surface area contributed by atoms with Crippen LogP contribution in [0.1, 0.15) is 10.4 Å². The lowest BCUT2D eigenvalue weighted by Crippen LogP contribution is -2.03. The summed E-state index contributed by atoms with van der Waals surface area (Å²) in [4.78, 5) is 11.3. The monoisotopic (exact) mass is 219 g/mol. The average Bonchev–Trinajstić information content (AvgIpc) is 2.59. The van der Waals surface area contributed by atoms with Crippen LogP contribution in [0.4, 0.5) is 0 Å². The molecule has 0 spiro atoms. The molecule has 0 saturated heterocycles. The molecule has 0 unspecified atom stereocenters. The predicted octanol–water partition coefficient (Wildman–Crippen LogP) is 1.66. The molecule has 0 N–H and O–H groups in total. The fourth-order valence-electron chi connectivity index (χ4n) is 0.813. The molecule has 0 fully saturated rings. The smallest absolute Gasteiger partial charge is 0.345 e. The van der Waals surface area contributed by atoms with Gasteiger partial charge in [-0.15, -0.1) is 11.8 Å². The number of nitrogens with zero attached hydrogens (tertiary/aromatic N) is 1. The number of hydrogen-bond donors (Lipinski definition) is 0. The highest BCUT2D eigenvalue weighted by Gasteiger charge is 2.21. The van der Waals surface area contributed by atoms with Crippen LogP contribution in [0, 0.1) is 0 Å². The minimum atomic E-state index is -0.407. The zero-order valence-corrected chi connectivity index (χ0v) is 9.12. The molecular weight excluding hydrogens is 210 g/mol. The van der Waals surface area contributed by atoms with Gasteiger partial charge in [0.05, 0.1) is 18.4 Å². The van der Waals surface area contributed by atoms with E-state index in [1.165, 1.54) is 37.5 Å². The second-order valence-corrected chi connectivity index (χ2v) is 3.90. The molecule has 0 atom stereocenters. The molecule has 0 aliphatic rings. The SMILES string of the molecule is COC(=O)c1c(OC)nsc1SC. The van der Waals surface area contributed by atoms with E-state index in [4.69, 9.17) is 4.74 Å². The van der Waals surface area contributed by atoms with Crippen LogP contribution in [0.5, 0.6) is 5.88 Å². The van der Waals surface area contributed by atoms with E-state index in [1.54, 1.807) is 0 Å². The zero-order valence-electron chi connectivity index (χ0n) is 7.49. The van der Waals surface area contributed by atoms with Crippen molar-refractivity contribution < 1.29 is 14.3 Å². The number of aromatic nitrogens is 1. The Bertz CT molecular complexity index is 289.